The van der Waals surface area contributed by atoms with Crippen LogP contribution in [0.3, 0.4) is 0 Å². The number of carbonyl (C=O) groups excluding carboxylic acids is 2. The van der Waals surface area contributed by atoms with Gasteiger partial charge in [0.2, 0.25) is 5.91 Å². The van der Waals surface area contributed by atoms with Crippen molar-refractivity contribution < 1.29 is 23.8 Å². The molecule has 1 amide bonds. The van der Waals surface area contributed by atoms with Crippen molar-refractivity contribution in [3.05, 3.63) is 0 Å². The van der Waals surface area contributed by atoms with Gasteiger partial charge in [0.25, 0.3) is 0 Å². The van der Waals surface area contributed by atoms with Crippen LogP contribution in [-0.2, 0) is 23.8 Å². The van der Waals surface area contributed by atoms with Crippen LogP contribution in [0.2, 0.25) is 0 Å². The van der Waals surface area contributed by atoms with E-state index in [0.29, 0.717) is 51.7 Å². The molecule has 0 heterocycles. The Balaban J connectivity index is 3.23. The van der Waals surface area contributed by atoms with Gasteiger partial charge < -0.3 is 19.5 Å². The summed E-state index contributed by atoms with van der Waals surface area (Å²) in [5.41, 5.74) is 0. The molecule has 0 fully saturated rings. The lowest BCUT2D eigenvalue weighted by atomic mass is 10.1. The van der Waals surface area contributed by atoms with Crippen LogP contribution in [0.5, 0.6) is 0 Å². The first-order valence-electron chi connectivity index (χ1n) is 8.57. The topological polar surface area (TPSA) is 73.9 Å². The average Bonchev–Trinajstić information content (AvgIpc) is 2.52. The second-order valence-corrected chi connectivity index (χ2v) is 5.81. The summed E-state index contributed by atoms with van der Waals surface area (Å²) in [7, 11) is 0. The monoisotopic (exact) mass is 331 g/mol. The van der Waals surface area contributed by atoms with E-state index < -0.39 is 0 Å². The highest BCUT2D eigenvalue weighted by Crippen LogP contribution is 1.99. The number of ether oxygens (including phenoxy) is 3. The molecule has 0 aliphatic carbocycles. The van der Waals surface area contributed by atoms with E-state index in [1.807, 2.05) is 6.92 Å². The third kappa shape index (κ3) is 17.2. The van der Waals surface area contributed by atoms with E-state index in [1.54, 1.807) is 0 Å². The molecule has 0 unspecified atom stereocenters. The molecule has 0 bridgehead atoms. The van der Waals surface area contributed by atoms with Gasteiger partial charge in [-0.2, -0.15) is 0 Å². The highest BCUT2D eigenvalue weighted by Gasteiger charge is 2.01. The van der Waals surface area contributed by atoms with Crippen LogP contribution in [0.25, 0.3) is 0 Å². The minimum Gasteiger partial charge on any atom is -0.381 e. The molecule has 0 atom stereocenters. The maximum absolute atomic E-state index is 11.5. The van der Waals surface area contributed by atoms with Crippen LogP contribution in [0.4, 0.5) is 0 Å². The number of Topliss-reactive ketones (excluding diaryl/α,β-unsaturated/α-hetero) is 1. The highest BCUT2D eigenvalue weighted by atomic mass is 16.5. The van der Waals surface area contributed by atoms with E-state index >= 15 is 0 Å². The van der Waals surface area contributed by atoms with Gasteiger partial charge in [0, 0.05) is 32.6 Å². The van der Waals surface area contributed by atoms with Gasteiger partial charge in [-0.25, -0.2) is 0 Å². The fourth-order valence-corrected chi connectivity index (χ4v) is 1.61. The Morgan fingerprint density at radius 3 is 2.35 bits per heavy atom. The first kappa shape index (κ1) is 22.0. The highest BCUT2D eigenvalue weighted by molar-refractivity contribution is 5.79. The van der Waals surface area contributed by atoms with Crippen LogP contribution in [0, 0.1) is 5.92 Å². The second kappa shape index (κ2) is 15.9. The normalized spacial score (nSPS) is 11.0. The van der Waals surface area contributed by atoms with E-state index in [4.69, 9.17) is 14.2 Å². The Kier molecular flexibility index (Phi) is 15.2. The second-order valence-electron chi connectivity index (χ2n) is 5.81. The Morgan fingerprint density at radius 2 is 1.65 bits per heavy atom. The number of nitrogens with one attached hydrogen (secondary N) is 1. The minimum atomic E-state index is 0.0193. The van der Waals surface area contributed by atoms with Crippen molar-refractivity contribution in [1.29, 1.82) is 0 Å². The molecule has 0 aliphatic heterocycles. The van der Waals surface area contributed by atoms with Crippen LogP contribution >= 0.6 is 0 Å². The van der Waals surface area contributed by atoms with Gasteiger partial charge in [0.05, 0.1) is 19.8 Å². The summed E-state index contributed by atoms with van der Waals surface area (Å²) in [4.78, 5) is 22.5. The van der Waals surface area contributed by atoms with Gasteiger partial charge in [0.1, 0.15) is 6.61 Å². The lowest BCUT2D eigenvalue weighted by Crippen LogP contribution is -2.27. The zero-order valence-corrected chi connectivity index (χ0v) is 14.9. The summed E-state index contributed by atoms with van der Waals surface area (Å²) in [5.74, 6) is 0.757. The lowest BCUT2D eigenvalue weighted by Gasteiger charge is -2.08. The summed E-state index contributed by atoms with van der Waals surface area (Å²) >= 11 is 0. The molecule has 0 aromatic rings. The molecule has 0 spiro atoms. The molecule has 0 aromatic heterocycles. The van der Waals surface area contributed by atoms with Crippen molar-refractivity contribution in [2.24, 2.45) is 5.92 Å². The zero-order valence-electron chi connectivity index (χ0n) is 14.9. The molecule has 0 saturated carbocycles. The Hall–Kier alpha value is -0.980. The molecular formula is C17H33NO5. The maximum Gasteiger partial charge on any atom is 0.220 e. The van der Waals surface area contributed by atoms with Crippen molar-refractivity contribution in [2.75, 3.05) is 46.2 Å². The number of rotatable bonds is 16. The SMILES string of the molecule is CCC(=O)COCCOCCNC(=O)CCCOCCC(C)C. The minimum absolute atomic E-state index is 0.0193. The van der Waals surface area contributed by atoms with Gasteiger partial charge in [-0.3, -0.25) is 9.59 Å². The number of amides is 1. The largest absolute Gasteiger partial charge is 0.381 e. The van der Waals surface area contributed by atoms with Crippen molar-refractivity contribution in [2.45, 2.75) is 46.5 Å². The van der Waals surface area contributed by atoms with Gasteiger partial charge in [-0.05, 0) is 18.8 Å². The quantitative estimate of drug-likeness (QED) is 0.438. The van der Waals surface area contributed by atoms with Crippen molar-refractivity contribution in [3.8, 4) is 0 Å². The number of carbonyl (C=O) groups is 2. The van der Waals surface area contributed by atoms with Gasteiger partial charge in [-0.1, -0.05) is 20.8 Å². The third-order valence-electron chi connectivity index (χ3n) is 3.13. The molecule has 6 nitrogen and oxygen atoms in total. The molecule has 6 heteroatoms. The van der Waals surface area contributed by atoms with Crippen LogP contribution in [0.1, 0.15) is 46.5 Å². The molecule has 0 aliphatic rings. The van der Waals surface area contributed by atoms with Gasteiger partial charge >= 0.3 is 0 Å². The predicted octanol–water partition coefficient (Wildman–Crippen LogP) is 1.96. The van der Waals surface area contributed by atoms with Crippen LogP contribution in [0.15, 0.2) is 0 Å². The van der Waals surface area contributed by atoms with Crippen molar-refractivity contribution in [3.63, 3.8) is 0 Å². The summed E-state index contributed by atoms with van der Waals surface area (Å²) in [6.07, 6.45) is 2.77. The molecule has 136 valence electrons. The van der Waals surface area contributed by atoms with E-state index in [9.17, 15) is 9.59 Å². The Labute approximate surface area is 140 Å². The summed E-state index contributed by atoms with van der Waals surface area (Å²) in [6, 6.07) is 0. The van der Waals surface area contributed by atoms with Gasteiger partial charge in [-0.15, -0.1) is 0 Å². The number of ketones is 1. The fourth-order valence-electron chi connectivity index (χ4n) is 1.61. The first-order chi connectivity index (χ1) is 11.1. The smallest absolute Gasteiger partial charge is 0.220 e. The molecule has 0 aromatic carbocycles. The van der Waals surface area contributed by atoms with E-state index in [1.165, 1.54) is 0 Å². The lowest BCUT2D eigenvalue weighted by molar-refractivity contribution is -0.124. The van der Waals surface area contributed by atoms with Crippen molar-refractivity contribution >= 4 is 11.7 Å². The standard InChI is InChI=1S/C17H33NO5/c1-4-16(19)14-23-13-12-22-11-8-18-17(20)6-5-9-21-10-7-15(2)3/h15H,4-14H2,1-3H3,(H,18,20). The molecular weight excluding hydrogens is 298 g/mol. The Bertz CT molecular complexity index is 307. The average molecular weight is 331 g/mol. The van der Waals surface area contributed by atoms with E-state index in [0.717, 1.165) is 19.4 Å². The van der Waals surface area contributed by atoms with Crippen LogP contribution in [-0.4, -0.2) is 57.9 Å². The molecule has 0 saturated heterocycles. The zero-order chi connectivity index (χ0) is 17.3. The summed E-state index contributed by atoms with van der Waals surface area (Å²) in [6.45, 7) is 9.43. The molecule has 1 N–H and O–H groups in total. The predicted molar refractivity (Wildman–Crippen MR) is 89.5 cm³/mol. The van der Waals surface area contributed by atoms with Crippen molar-refractivity contribution in [1.82, 2.24) is 5.32 Å². The summed E-state index contributed by atoms with van der Waals surface area (Å²) in [5, 5.41) is 2.80. The molecule has 0 radical (unpaired) electrons. The number of hydrogen-bond acceptors (Lipinski definition) is 5. The fraction of sp³-hybridized carbons (Fsp3) is 0.882. The Morgan fingerprint density at radius 1 is 0.957 bits per heavy atom. The maximum atomic E-state index is 11.5. The molecule has 0 rings (SSSR count). The van der Waals surface area contributed by atoms with Crippen LogP contribution < -0.4 is 5.32 Å². The summed E-state index contributed by atoms with van der Waals surface area (Å²) < 4.78 is 15.9. The number of hydrogen-bond donors (Lipinski definition) is 1. The first-order valence-corrected chi connectivity index (χ1v) is 8.57. The van der Waals surface area contributed by atoms with Gasteiger partial charge in [0.15, 0.2) is 5.78 Å². The molecule has 23 heavy (non-hydrogen) atoms. The third-order valence-corrected chi connectivity index (χ3v) is 3.13. The van der Waals surface area contributed by atoms with E-state index in [-0.39, 0.29) is 18.3 Å². The van der Waals surface area contributed by atoms with E-state index in [2.05, 4.69) is 19.2 Å².